The minimum atomic E-state index is -0.566. The van der Waals surface area contributed by atoms with Gasteiger partial charge in [-0.2, -0.15) is 0 Å². The zero-order valence-electron chi connectivity index (χ0n) is 14.0. The van der Waals surface area contributed by atoms with Crippen LogP contribution in [0.15, 0.2) is 12.3 Å². The Morgan fingerprint density at radius 2 is 2.22 bits per heavy atom. The van der Waals surface area contributed by atoms with E-state index in [1.807, 2.05) is 13.8 Å². The highest BCUT2D eigenvalue weighted by Crippen LogP contribution is 2.36. The molecule has 0 saturated carbocycles. The van der Waals surface area contributed by atoms with Gasteiger partial charge in [-0.15, -0.1) is 0 Å². The van der Waals surface area contributed by atoms with Gasteiger partial charge >= 0.3 is 5.97 Å². The normalized spacial score (nSPS) is 18.6. The molecule has 0 bridgehead atoms. The van der Waals surface area contributed by atoms with E-state index in [1.54, 1.807) is 13.0 Å². The van der Waals surface area contributed by atoms with E-state index in [2.05, 4.69) is 9.88 Å². The lowest BCUT2D eigenvalue weighted by Gasteiger charge is -2.40. The van der Waals surface area contributed by atoms with E-state index in [9.17, 15) is 14.9 Å². The van der Waals surface area contributed by atoms with E-state index in [4.69, 9.17) is 4.74 Å². The van der Waals surface area contributed by atoms with Crippen LogP contribution in [-0.4, -0.2) is 36.1 Å². The van der Waals surface area contributed by atoms with Gasteiger partial charge in [0.2, 0.25) is 0 Å². The molecule has 1 atom stereocenters. The molecule has 7 nitrogen and oxygen atoms in total. The summed E-state index contributed by atoms with van der Waals surface area (Å²) in [6.45, 7) is 7.04. The second-order valence-corrected chi connectivity index (χ2v) is 6.58. The molecule has 1 fully saturated rings. The maximum atomic E-state index is 12.0. The molecule has 0 N–H and O–H groups in total. The molecular formula is C16H23N3O4. The van der Waals surface area contributed by atoms with Gasteiger partial charge in [0.15, 0.2) is 0 Å². The summed E-state index contributed by atoms with van der Waals surface area (Å²) >= 11 is 0. The van der Waals surface area contributed by atoms with Gasteiger partial charge in [-0.05, 0) is 45.6 Å². The maximum Gasteiger partial charge on any atom is 0.311 e. The molecule has 1 aromatic rings. The Hall–Kier alpha value is -2.18. The van der Waals surface area contributed by atoms with Crippen molar-refractivity contribution in [1.29, 1.82) is 0 Å². The van der Waals surface area contributed by atoms with Gasteiger partial charge in [0.1, 0.15) is 12.0 Å². The Labute approximate surface area is 135 Å². The van der Waals surface area contributed by atoms with E-state index in [0.29, 0.717) is 12.1 Å². The van der Waals surface area contributed by atoms with Crippen molar-refractivity contribution in [3.05, 3.63) is 27.9 Å². The molecule has 126 valence electrons. The first-order chi connectivity index (χ1) is 10.8. The SMILES string of the molecule is COC(=O)C(C)(C)C1CCCN(c2cc(C)c([N+](=O)[O-])cn2)C1. The van der Waals surface area contributed by atoms with Crippen molar-refractivity contribution in [2.75, 3.05) is 25.1 Å². The molecule has 7 heteroatoms. The monoisotopic (exact) mass is 321 g/mol. The van der Waals surface area contributed by atoms with Gasteiger partial charge in [-0.25, -0.2) is 4.98 Å². The van der Waals surface area contributed by atoms with Crippen molar-refractivity contribution in [1.82, 2.24) is 4.98 Å². The van der Waals surface area contributed by atoms with Crippen LogP contribution in [0.25, 0.3) is 0 Å². The molecule has 1 aromatic heterocycles. The molecule has 0 aromatic carbocycles. The number of aromatic nitrogens is 1. The highest BCUT2D eigenvalue weighted by Gasteiger charge is 2.40. The summed E-state index contributed by atoms with van der Waals surface area (Å²) in [5, 5.41) is 10.9. The van der Waals surface area contributed by atoms with Crippen LogP contribution in [0.4, 0.5) is 11.5 Å². The predicted molar refractivity (Wildman–Crippen MR) is 86.4 cm³/mol. The Kier molecular flexibility index (Phi) is 4.87. The summed E-state index contributed by atoms with van der Waals surface area (Å²) in [5.74, 6) is 0.664. The molecule has 0 radical (unpaired) electrons. The van der Waals surface area contributed by atoms with Crippen LogP contribution in [0.5, 0.6) is 0 Å². The van der Waals surface area contributed by atoms with Gasteiger partial charge in [0.05, 0.1) is 17.4 Å². The third kappa shape index (κ3) is 3.43. The fraction of sp³-hybridized carbons (Fsp3) is 0.625. The number of rotatable bonds is 4. The molecule has 1 unspecified atom stereocenters. The van der Waals surface area contributed by atoms with Gasteiger partial charge in [0.25, 0.3) is 5.69 Å². The number of esters is 1. The third-order valence-electron chi connectivity index (χ3n) is 4.74. The summed E-state index contributed by atoms with van der Waals surface area (Å²) in [5.41, 5.74) is 0.0509. The van der Waals surface area contributed by atoms with Crippen molar-refractivity contribution < 1.29 is 14.5 Å². The predicted octanol–water partition coefficient (Wildman–Crippen LogP) is 2.71. The Morgan fingerprint density at radius 3 is 2.78 bits per heavy atom. The second kappa shape index (κ2) is 6.52. The number of carbonyl (C=O) groups is 1. The number of hydrogen-bond donors (Lipinski definition) is 0. The molecular weight excluding hydrogens is 298 g/mol. The van der Waals surface area contributed by atoms with E-state index in [-0.39, 0.29) is 17.6 Å². The zero-order valence-corrected chi connectivity index (χ0v) is 14.0. The molecule has 0 aliphatic carbocycles. The minimum absolute atomic E-state index is 0.0252. The molecule has 1 aliphatic heterocycles. The summed E-state index contributed by atoms with van der Waals surface area (Å²) in [6, 6.07) is 1.74. The third-order valence-corrected chi connectivity index (χ3v) is 4.74. The molecule has 0 spiro atoms. The first-order valence-corrected chi connectivity index (χ1v) is 7.71. The number of hydrogen-bond acceptors (Lipinski definition) is 6. The number of anilines is 1. The van der Waals surface area contributed by atoms with Gasteiger partial charge in [-0.1, -0.05) is 0 Å². The van der Waals surface area contributed by atoms with E-state index in [1.165, 1.54) is 13.3 Å². The van der Waals surface area contributed by atoms with Crippen LogP contribution in [0, 0.1) is 28.4 Å². The minimum Gasteiger partial charge on any atom is -0.469 e. The number of piperidine rings is 1. The second-order valence-electron chi connectivity index (χ2n) is 6.58. The Morgan fingerprint density at radius 1 is 1.52 bits per heavy atom. The van der Waals surface area contributed by atoms with Gasteiger partial charge in [0, 0.05) is 18.7 Å². The first-order valence-electron chi connectivity index (χ1n) is 7.71. The number of nitrogens with zero attached hydrogens (tertiary/aromatic N) is 3. The standard InChI is InChI=1S/C16H23N3O4/c1-11-8-14(17-9-13(11)19(21)22)18-7-5-6-12(10-18)16(2,3)15(20)23-4/h8-9,12H,5-7,10H2,1-4H3. The smallest absolute Gasteiger partial charge is 0.311 e. The first kappa shape index (κ1) is 17.2. The Bertz CT molecular complexity index is 615. The fourth-order valence-corrected chi connectivity index (χ4v) is 3.10. The van der Waals surface area contributed by atoms with Crippen molar-refractivity contribution in [3.63, 3.8) is 0 Å². The highest BCUT2D eigenvalue weighted by molar-refractivity contribution is 5.76. The van der Waals surface area contributed by atoms with Crippen LogP contribution in [0.2, 0.25) is 0 Å². The van der Waals surface area contributed by atoms with Crippen molar-refractivity contribution >= 4 is 17.5 Å². The molecule has 23 heavy (non-hydrogen) atoms. The molecule has 2 heterocycles. The van der Waals surface area contributed by atoms with Crippen LogP contribution in [0.1, 0.15) is 32.3 Å². The summed E-state index contributed by atoms with van der Waals surface area (Å²) < 4.78 is 4.92. The lowest BCUT2D eigenvalue weighted by atomic mass is 9.74. The van der Waals surface area contributed by atoms with E-state index >= 15 is 0 Å². The number of pyridine rings is 1. The van der Waals surface area contributed by atoms with Crippen LogP contribution >= 0.6 is 0 Å². The lowest BCUT2D eigenvalue weighted by Crippen LogP contribution is -2.45. The zero-order chi connectivity index (χ0) is 17.2. The molecule has 1 aliphatic rings. The van der Waals surface area contributed by atoms with Crippen molar-refractivity contribution in [2.45, 2.75) is 33.6 Å². The van der Waals surface area contributed by atoms with Crippen molar-refractivity contribution in [2.24, 2.45) is 11.3 Å². The highest BCUT2D eigenvalue weighted by atomic mass is 16.6. The molecule has 0 amide bonds. The summed E-state index contributed by atoms with van der Waals surface area (Å²) in [7, 11) is 1.41. The summed E-state index contributed by atoms with van der Waals surface area (Å²) in [4.78, 5) is 28.8. The number of carbonyl (C=O) groups excluding carboxylic acids is 1. The van der Waals surface area contributed by atoms with Crippen LogP contribution in [-0.2, 0) is 9.53 Å². The number of ether oxygens (including phenoxy) is 1. The average molecular weight is 321 g/mol. The average Bonchev–Trinajstić information content (AvgIpc) is 2.53. The largest absolute Gasteiger partial charge is 0.469 e. The van der Waals surface area contributed by atoms with Crippen LogP contribution < -0.4 is 4.90 Å². The summed E-state index contributed by atoms with van der Waals surface area (Å²) in [6.07, 6.45) is 3.20. The number of aryl methyl sites for hydroxylation is 1. The van der Waals surface area contributed by atoms with E-state index in [0.717, 1.165) is 25.2 Å². The molecule has 1 saturated heterocycles. The van der Waals surface area contributed by atoms with Crippen LogP contribution in [0.3, 0.4) is 0 Å². The van der Waals surface area contributed by atoms with E-state index < -0.39 is 10.3 Å². The number of nitro groups is 1. The fourth-order valence-electron chi connectivity index (χ4n) is 3.10. The van der Waals surface area contributed by atoms with Gasteiger partial charge < -0.3 is 9.64 Å². The maximum absolute atomic E-state index is 12.0. The topological polar surface area (TPSA) is 85.6 Å². The quantitative estimate of drug-likeness (QED) is 0.481. The van der Waals surface area contributed by atoms with Gasteiger partial charge in [-0.3, -0.25) is 14.9 Å². The Balaban J connectivity index is 2.20. The lowest BCUT2D eigenvalue weighted by molar-refractivity contribution is -0.385. The number of methoxy groups -OCH3 is 1. The van der Waals surface area contributed by atoms with Crippen molar-refractivity contribution in [3.8, 4) is 0 Å². The molecule has 2 rings (SSSR count).